The van der Waals surface area contributed by atoms with Gasteiger partial charge in [-0.3, -0.25) is 9.52 Å². The molecule has 1 heterocycles. The van der Waals surface area contributed by atoms with Crippen molar-refractivity contribution in [2.24, 2.45) is 0 Å². The standard InChI is InChI=1S/C23H31N3O4S/c1-16-15-17(2)23(20-9-10-21(27)24-22(16)20)30-14-13-26(3)12-11-18-5-7-19(8-6-18)25-31(4,28)29/h5-8,15,25H,9-14H2,1-4H3,(H,24,27). The number of sulfonamides is 1. The Morgan fingerprint density at radius 2 is 1.81 bits per heavy atom. The highest BCUT2D eigenvalue weighted by molar-refractivity contribution is 7.92. The molecule has 8 heteroatoms. The number of anilines is 2. The quantitative estimate of drug-likeness (QED) is 0.619. The Balaban J connectivity index is 1.50. The number of benzene rings is 2. The molecule has 0 saturated heterocycles. The average molecular weight is 446 g/mol. The van der Waals surface area contributed by atoms with Crippen LogP contribution in [0.5, 0.6) is 5.75 Å². The molecule has 0 saturated carbocycles. The molecule has 0 fully saturated rings. The molecule has 0 unspecified atom stereocenters. The van der Waals surface area contributed by atoms with Crippen LogP contribution in [0.25, 0.3) is 0 Å². The summed E-state index contributed by atoms with van der Waals surface area (Å²) >= 11 is 0. The second-order valence-electron chi connectivity index (χ2n) is 8.21. The number of carbonyl (C=O) groups is 1. The van der Waals surface area contributed by atoms with Crippen molar-refractivity contribution in [3.8, 4) is 5.75 Å². The van der Waals surface area contributed by atoms with E-state index >= 15 is 0 Å². The lowest BCUT2D eigenvalue weighted by Gasteiger charge is -2.24. The van der Waals surface area contributed by atoms with Crippen LogP contribution in [0, 0.1) is 13.8 Å². The molecule has 0 atom stereocenters. The van der Waals surface area contributed by atoms with E-state index in [4.69, 9.17) is 4.74 Å². The molecule has 31 heavy (non-hydrogen) atoms. The van der Waals surface area contributed by atoms with Crippen LogP contribution in [0.4, 0.5) is 11.4 Å². The van der Waals surface area contributed by atoms with Crippen molar-refractivity contribution in [1.29, 1.82) is 0 Å². The average Bonchev–Trinajstić information content (AvgIpc) is 2.69. The molecule has 168 valence electrons. The number of aryl methyl sites for hydroxylation is 2. The van der Waals surface area contributed by atoms with E-state index < -0.39 is 10.0 Å². The molecule has 2 aromatic carbocycles. The van der Waals surface area contributed by atoms with Crippen LogP contribution in [-0.4, -0.2) is 52.2 Å². The van der Waals surface area contributed by atoms with Gasteiger partial charge in [0, 0.05) is 30.8 Å². The first-order valence-electron chi connectivity index (χ1n) is 10.4. The summed E-state index contributed by atoms with van der Waals surface area (Å²) in [6, 6.07) is 9.50. The van der Waals surface area contributed by atoms with Gasteiger partial charge >= 0.3 is 0 Å². The first kappa shape index (κ1) is 23.1. The molecule has 7 nitrogen and oxygen atoms in total. The van der Waals surface area contributed by atoms with Crippen LogP contribution in [0.15, 0.2) is 30.3 Å². The highest BCUT2D eigenvalue weighted by atomic mass is 32.2. The lowest BCUT2D eigenvalue weighted by molar-refractivity contribution is -0.116. The lowest BCUT2D eigenvalue weighted by atomic mass is 9.95. The van der Waals surface area contributed by atoms with Crippen LogP contribution in [0.3, 0.4) is 0 Å². The number of ether oxygens (including phenoxy) is 1. The number of hydrogen-bond acceptors (Lipinski definition) is 5. The number of rotatable bonds is 9. The number of amides is 1. The molecule has 0 aromatic heterocycles. The summed E-state index contributed by atoms with van der Waals surface area (Å²) < 4.78 is 31.2. The molecule has 0 spiro atoms. The summed E-state index contributed by atoms with van der Waals surface area (Å²) in [4.78, 5) is 14.0. The number of likely N-dealkylation sites (N-methyl/N-ethyl adjacent to an activating group) is 1. The lowest BCUT2D eigenvalue weighted by Crippen LogP contribution is -2.27. The predicted molar refractivity (Wildman–Crippen MR) is 124 cm³/mol. The summed E-state index contributed by atoms with van der Waals surface area (Å²) in [6.07, 6.45) is 3.20. The van der Waals surface area contributed by atoms with Gasteiger partial charge in [0.2, 0.25) is 15.9 Å². The Morgan fingerprint density at radius 1 is 1.10 bits per heavy atom. The zero-order valence-electron chi connectivity index (χ0n) is 18.6. The Hall–Kier alpha value is -2.58. The van der Waals surface area contributed by atoms with Gasteiger partial charge < -0.3 is 15.0 Å². The van der Waals surface area contributed by atoms with Crippen molar-refractivity contribution in [2.75, 3.05) is 43.0 Å². The van der Waals surface area contributed by atoms with Gasteiger partial charge in [0.05, 0.1) is 11.9 Å². The van der Waals surface area contributed by atoms with Crippen LogP contribution >= 0.6 is 0 Å². The van der Waals surface area contributed by atoms with Crippen LogP contribution in [0.1, 0.15) is 28.7 Å². The Morgan fingerprint density at radius 3 is 2.48 bits per heavy atom. The fraction of sp³-hybridized carbons (Fsp3) is 0.435. The number of nitrogens with one attached hydrogen (secondary N) is 2. The van der Waals surface area contributed by atoms with Gasteiger partial charge in [-0.1, -0.05) is 18.2 Å². The smallest absolute Gasteiger partial charge is 0.229 e. The first-order chi connectivity index (χ1) is 14.6. The first-order valence-corrected chi connectivity index (χ1v) is 12.3. The molecule has 1 aliphatic rings. The van der Waals surface area contributed by atoms with Gasteiger partial charge in [-0.25, -0.2) is 8.42 Å². The van der Waals surface area contributed by atoms with E-state index in [0.717, 1.165) is 59.5 Å². The van der Waals surface area contributed by atoms with E-state index in [-0.39, 0.29) is 5.91 Å². The molecule has 0 aliphatic carbocycles. The third-order valence-corrected chi connectivity index (χ3v) is 5.99. The fourth-order valence-corrected chi connectivity index (χ4v) is 4.36. The minimum atomic E-state index is -3.26. The third-order valence-electron chi connectivity index (χ3n) is 5.39. The van der Waals surface area contributed by atoms with Gasteiger partial charge in [-0.2, -0.15) is 0 Å². The predicted octanol–water partition coefficient (Wildman–Crippen LogP) is 3.11. The summed E-state index contributed by atoms with van der Waals surface area (Å²) in [5, 5.41) is 2.98. The SMILES string of the molecule is Cc1cc(C)c(OCCN(C)CCc2ccc(NS(C)(=O)=O)cc2)c2c1NC(=O)CC2. The molecule has 2 N–H and O–H groups in total. The van der Waals surface area contributed by atoms with Crippen LogP contribution in [-0.2, 0) is 27.7 Å². The van der Waals surface area contributed by atoms with E-state index in [1.807, 2.05) is 26.0 Å². The van der Waals surface area contributed by atoms with Gasteiger partial charge in [-0.05, 0) is 62.6 Å². The molecular weight excluding hydrogens is 414 g/mol. The number of hydrogen-bond donors (Lipinski definition) is 2. The van der Waals surface area contributed by atoms with Crippen molar-refractivity contribution >= 4 is 27.3 Å². The van der Waals surface area contributed by atoms with Gasteiger partial charge in [0.1, 0.15) is 12.4 Å². The van der Waals surface area contributed by atoms with Crippen molar-refractivity contribution < 1.29 is 17.9 Å². The summed E-state index contributed by atoms with van der Waals surface area (Å²) in [6.45, 7) is 6.27. The van der Waals surface area contributed by atoms with Crippen LogP contribution < -0.4 is 14.8 Å². The molecule has 3 rings (SSSR count). The number of fused-ring (bicyclic) bond motifs is 1. The van der Waals surface area contributed by atoms with Crippen LogP contribution in [0.2, 0.25) is 0 Å². The van der Waals surface area contributed by atoms with E-state index in [9.17, 15) is 13.2 Å². The van der Waals surface area contributed by atoms with Crippen molar-refractivity contribution in [2.45, 2.75) is 33.1 Å². The minimum Gasteiger partial charge on any atom is -0.492 e. The number of nitrogens with zero attached hydrogens (tertiary/aromatic N) is 1. The Labute approximate surface area is 184 Å². The zero-order chi connectivity index (χ0) is 22.6. The zero-order valence-corrected chi connectivity index (χ0v) is 19.4. The summed E-state index contributed by atoms with van der Waals surface area (Å²) in [5.74, 6) is 0.952. The second-order valence-corrected chi connectivity index (χ2v) is 9.96. The van der Waals surface area contributed by atoms with Crippen molar-refractivity contribution in [3.05, 3.63) is 52.6 Å². The molecule has 0 radical (unpaired) electrons. The van der Waals surface area contributed by atoms with Gasteiger partial charge in [-0.15, -0.1) is 0 Å². The van der Waals surface area contributed by atoms with Gasteiger partial charge in [0.25, 0.3) is 0 Å². The monoisotopic (exact) mass is 445 g/mol. The fourth-order valence-electron chi connectivity index (χ4n) is 3.79. The maximum absolute atomic E-state index is 11.8. The molecular formula is C23H31N3O4S. The van der Waals surface area contributed by atoms with Crippen molar-refractivity contribution in [1.82, 2.24) is 4.90 Å². The topological polar surface area (TPSA) is 87.7 Å². The van der Waals surface area contributed by atoms with E-state index in [1.54, 1.807) is 12.1 Å². The second kappa shape index (κ2) is 9.70. The van der Waals surface area contributed by atoms with E-state index in [2.05, 4.69) is 28.1 Å². The molecule has 1 amide bonds. The summed E-state index contributed by atoms with van der Waals surface area (Å²) in [7, 11) is -1.20. The van der Waals surface area contributed by atoms with Crippen molar-refractivity contribution in [3.63, 3.8) is 0 Å². The minimum absolute atomic E-state index is 0.0604. The highest BCUT2D eigenvalue weighted by Gasteiger charge is 2.22. The molecule has 2 aromatic rings. The Kier molecular flexibility index (Phi) is 7.23. The van der Waals surface area contributed by atoms with Gasteiger partial charge in [0.15, 0.2) is 0 Å². The van der Waals surface area contributed by atoms with E-state index in [0.29, 0.717) is 25.1 Å². The normalized spacial score (nSPS) is 13.6. The maximum atomic E-state index is 11.8. The molecule has 1 aliphatic heterocycles. The highest BCUT2D eigenvalue weighted by Crippen LogP contribution is 2.36. The van der Waals surface area contributed by atoms with E-state index in [1.165, 1.54) is 0 Å². The summed E-state index contributed by atoms with van der Waals surface area (Å²) in [5.41, 5.74) is 5.88. The maximum Gasteiger partial charge on any atom is 0.229 e. The Bertz CT molecular complexity index is 1050. The molecule has 0 bridgehead atoms. The largest absolute Gasteiger partial charge is 0.492 e. The number of carbonyl (C=O) groups excluding carboxylic acids is 1. The third kappa shape index (κ3) is 6.45.